The lowest BCUT2D eigenvalue weighted by Crippen LogP contribution is -2.25. The molecule has 0 atom stereocenters. The highest BCUT2D eigenvalue weighted by atomic mass is 19.3. The lowest BCUT2D eigenvalue weighted by atomic mass is 10.0. The Labute approximate surface area is 108 Å². The Kier molecular flexibility index (Phi) is 2.55. The van der Waals surface area contributed by atoms with E-state index in [4.69, 9.17) is 0 Å². The number of hydrogen-bond donors (Lipinski definition) is 1. The third-order valence-corrected chi connectivity index (χ3v) is 2.91. The van der Waals surface area contributed by atoms with E-state index in [0.717, 1.165) is 16.8 Å². The maximum absolute atomic E-state index is 12.9. The normalized spacial score (nSPS) is 15.3. The summed E-state index contributed by atoms with van der Waals surface area (Å²) >= 11 is 0. The summed E-state index contributed by atoms with van der Waals surface area (Å²) in [5.74, 6) is 0.112. The highest BCUT2D eigenvalue weighted by Crippen LogP contribution is 2.42. The standard InChI is InChI=1S/C14H11F2NO2/c1-17-11-5-2-9(3-6-11)10-4-7-12-13(8-10)19-14(15,16)18-12/h2-8,17H,1H3. The van der Waals surface area contributed by atoms with Crippen LogP contribution in [0.15, 0.2) is 42.5 Å². The first kappa shape index (κ1) is 11.8. The molecule has 0 unspecified atom stereocenters. The molecule has 1 aliphatic heterocycles. The number of rotatable bonds is 2. The topological polar surface area (TPSA) is 30.5 Å². The van der Waals surface area contributed by atoms with Crippen LogP contribution in [-0.2, 0) is 0 Å². The fourth-order valence-electron chi connectivity index (χ4n) is 1.96. The smallest absolute Gasteiger partial charge is 0.395 e. The van der Waals surface area contributed by atoms with Crippen molar-refractivity contribution < 1.29 is 18.3 Å². The molecule has 1 heterocycles. The number of fused-ring (bicyclic) bond motifs is 1. The number of nitrogens with one attached hydrogen (secondary N) is 1. The summed E-state index contributed by atoms with van der Waals surface area (Å²) < 4.78 is 34.6. The molecule has 0 aliphatic carbocycles. The third kappa shape index (κ3) is 2.19. The van der Waals surface area contributed by atoms with Gasteiger partial charge in [0, 0.05) is 12.7 Å². The first-order chi connectivity index (χ1) is 9.07. The van der Waals surface area contributed by atoms with Crippen molar-refractivity contribution in [3.63, 3.8) is 0 Å². The summed E-state index contributed by atoms with van der Waals surface area (Å²) in [5, 5.41) is 3.01. The van der Waals surface area contributed by atoms with Gasteiger partial charge in [0.25, 0.3) is 0 Å². The zero-order valence-corrected chi connectivity index (χ0v) is 10.1. The minimum Gasteiger partial charge on any atom is -0.395 e. The second kappa shape index (κ2) is 4.12. The largest absolute Gasteiger partial charge is 0.586 e. The molecule has 3 nitrogen and oxygen atoms in total. The fraction of sp³-hybridized carbons (Fsp3) is 0.143. The van der Waals surface area contributed by atoms with Crippen molar-refractivity contribution >= 4 is 5.69 Å². The number of anilines is 1. The van der Waals surface area contributed by atoms with Gasteiger partial charge in [-0.15, -0.1) is 8.78 Å². The summed E-state index contributed by atoms with van der Waals surface area (Å²) in [6.07, 6.45) is -3.57. The lowest BCUT2D eigenvalue weighted by molar-refractivity contribution is -0.286. The second-order valence-electron chi connectivity index (χ2n) is 4.16. The molecule has 0 aromatic heterocycles. The quantitative estimate of drug-likeness (QED) is 0.895. The molecule has 0 saturated heterocycles. The van der Waals surface area contributed by atoms with Gasteiger partial charge in [-0.1, -0.05) is 18.2 Å². The zero-order valence-electron chi connectivity index (χ0n) is 10.1. The molecule has 0 fully saturated rings. The van der Waals surface area contributed by atoms with Gasteiger partial charge in [-0.3, -0.25) is 0 Å². The average Bonchev–Trinajstić information content (AvgIpc) is 2.71. The van der Waals surface area contributed by atoms with Gasteiger partial charge in [0.05, 0.1) is 0 Å². The van der Waals surface area contributed by atoms with Crippen molar-refractivity contribution in [3.8, 4) is 22.6 Å². The Morgan fingerprint density at radius 2 is 1.53 bits per heavy atom. The average molecular weight is 263 g/mol. The van der Waals surface area contributed by atoms with Crippen LogP contribution in [0.1, 0.15) is 0 Å². The molecular formula is C14H11F2NO2. The molecule has 0 bridgehead atoms. The van der Waals surface area contributed by atoms with Gasteiger partial charge in [-0.25, -0.2) is 0 Å². The molecule has 1 N–H and O–H groups in total. The van der Waals surface area contributed by atoms with E-state index in [1.54, 1.807) is 12.1 Å². The summed E-state index contributed by atoms with van der Waals surface area (Å²) in [6, 6.07) is 12.4. The molecule has 5 heteroatoms. The van der Waals surface area contributed by atoms with Gasteiger partial charge in [0.2, 0.25) is 0 Å². The third-order valence-electron chi connectivity index (χ3n) is 2.91. The van der Waals surface area contributed by atoms with Crippen LogP contribution in [0.2, 0.25) is 0 Å². The molecule has 2 aromatic carbocycles. The van der Waals surface area contributed by atoms with Crippen LogP contribution in [0.4, 0.5) is 14.5 Å². The zero-order chi connectivity index (χ0) is 13.5. The van der Waals surface area contributed by atoms with Crippen LogP contribution in [0.5, 0.6) is 11.5 Å². The number of halogens is 2. The van der Waals surface area contributed by atoms with Crippen LogP contribution in [-0.4, -0.2) is 13.3 Å². The summed E-state index contributed by atoms with van der Waals surface area (Å²) in [7, 11) is 1.83. The fourth-order valence-corrected chi connectivity index (χ4v) is 1.96. The molecular weight excluding hydrogens is 252 g/mol. The van der Waals surface area contributed by atoms with E-state index in [-0.39, 0.29) is 11.5 Å². The maximum atomic E-state index is 12.9. The Morgan fingerprint density at radius 3 is 2.21 bits per heavy atom. The van der Waals surface area contributed by atoms with Crippen LogP contribution in [0.3, 0.4) is 0 Å². The molecule has 0 radical (unpaired) electrons. The first-order valence-electron chi connectivity index (χ1n) is 5.75. The van der Waals surface area contributed by atoms with Gasteiger partial charge in [0.1, 0.15) is 0 Å². The van der Waals surface area contributed by atoms with E-state index in [9.17, 15) is 8.78 Å². The van der Waals surface area contributed by atoms with Crippen molar-refractivity contribution in [1.29, 1.82) is 0 Å². The Bertz CT molecular complexity index is 611. The predicted octanol–water partition coefficient (Wildman–Crippen LogP) is 3.72. The van der Waals surface area contributed by atoms with E-state index in [1.807, 2.05) is 31.3 Å². The van der Waals surface area contributed by atoms with Crippen molar-refractivity contribution in [1.82, 2.24) is 0 Å². The van der Waals surface area contributed by atoms with Gasteiger partial charge in [-0.2, -0.15) is 0 Å². The van der Waals surface area contributed by atoms with Gasteiger partial charge < -0.3 is 14.8 Å². The van der Waals surface area contributed by atoms with Gasteiger partial charge in [0.15, 0.2) is 11.5 Å². The summed E-state index contributed by atoms with van der Waals surface area (Å²) in [4.78, 5) is 0. The maximum Gasteiger partial charge on any atom is 0.586 e. The van der Waals surface area contributed by atoms with E-state index in [1.165, 1.54) is 6.07 Å². The Hall–Kier alpha value is -2.30. The van der Waals surface area contributed by atoms with E-state index < -0.39 is 6.29 Å². The molecule has 3 rings (SSSR count). The van der Waals surface area contributed by atoms with Crippen molar-refractivity contribution in [2.45, 2.75) is 6.29 Å². The predicted molar refractivity (Wildman–Crippen MR) is 67.6 cm³/mol. The summed E-state index contributed by atoms with van der Waals surface area (Å²) in [6.45, 7) is 0. The summed E-state index contributed by atoms with van der Waals surface area (Å²) in [5.41, 5.74) is 2.69. The van der Waals surface area contributed by atoms with E-state index in [2.05, 4.69) is 14.8 Å². The lowest BCUT2D eigenvalue weighted by Gasteiger charge is -2.05. The van der Waals surface area contributed by atoms with Crippen LogP contribution < -0.4 is 14.8 Å². The van der Waals surface area contributed by atoms with Crippen LogP contribution in [0, 0.1) is 0 Å². The number of alkyl halides is 2. The van der Waals surface area contributed by atoms with E-state index >= 15 is 0 Å². The monoisotopic (exact) mass is 263 g/mol. The second-order valence-corrected chi connectivity index (χ2v) is 4.16. The molecule has 98 valence electrons. The van der Waals surface area contributed by atoms with Crippen molar-refractivity contribution in [3.05, 3.63) is 42.5 Å². The molecule has 1 aliphatic rings. The molecule has 0 amide bonds. The van der Waals surface area contributed by atoms with Gasteiger partial charge in [-0.05, 0) is 35.4 Å². The number of benzene rings is 2. The van der Waals surface area contributed by atoms with Crippen molar-refractivity contribution in [2.24, 2.45) is 0 Å². The SMILES string of the molecule is CNc1ccc(-c2ccc3c(c2)OC(F)(F)O3)cc1. The molecule has 19 heavy (non-hydrogen) atoms. The van der Waals surface area contributed by atoms with Crippen LogP contribution >= 0.6 is 0 Å². The highest BCUT2D eigenvalue weighted by Gasteiger charge is 2.43. The van der Waals surface area contributed by atoms with E-state index in [0.29, 0.717) is 0 Å². The number of hydrogen-bond acceptors (Lipinski definition) is 3. The van der Waals surface area contributed by atoms with Gasteiger partial charge >= 0.3 is 6.29 Å². The first-order valence-corrected chi connectivity index (χ1v) is 5.75. The minimum absolute atomic E-state index is 0.0557. The van der Waals surface area contributed by atoms with Crippen molar-refractivity contribution in [2.75, 3.05) is 12.4 Å². The minimum atomic E-state index is -3.57. The molecule has 0 saturated carbocycles. The molecule has 2 aromatic rings. The number of ether oxygens (including phenoxy) is 2. The van der Waals surface area contributed by atoms with Crippen LogP contribution in [0.25, 0.3) is 11.1 Å². The Morgan fingerprint density at radius 1 is 0.895 bits per heavy atom. The Balaban J connectivity index is 1.95. The molecule has 0 spiro atoms. The highest BCUT2D eigenvalue weighted by molar-refractivity contribution is 5.69.